The normalized spacial score (nSPS) is 10.5. The van der Waals surface area contributed by atoms with Crippen molar-refractivity contribution in [1.29, 1.82) is 0 Å². The number of nitrogens with one attached hydrogen (secondary N) is 2. The summed E-state index contributed by atoms with van der Waals surface area (Å²) in [6, 6.07) is 9.08. The van der Waals surface area contributed by atoms with E-state index in [4.69, 9.17) is 9.47 Å². The van der Waals surface area contributed by atoms with Crippen LogP contribution in [0.3, 0.4) is 0 Å². The van der Waals surface area contributed by atoms with E-state index in [1.54, 1.807) is 38.5 Å². The van der Waals surface area contributed by atoms with Crippen LogP contribution in [0.25, 0.3) is 10.2 Å². The number of aromatic nitrogens is 1. The quantitative estimate of drug-likeness (QED) is 0.725. The van der Waals surface area contributed by atoms with Crippen molar-refractivity contribution in [3.63, 3.8) is 0 Å². The van der Waals surface area contributed by atoms with Gasteiger partial charge in [0, 0.05) is 6.54 Å². The largest absolute Gasteiger partial charge is 0.495 e. The van der Waals surface area contributed by atoms with Gasteiger partial charge in [0.2, 0.25) is 0 Å². The fourth-order valence-electron chi connectivity index (χ4n) is 2.26. The van der Waals surface area contributed by atoms with E-state index >= 15 is 0 Å². The van der Waals surface area contributed by atoms with Gasteiger partial charge in [-0.2, -0.15) is 0 Å². The third-order valence-electron chi connectivity index (χ3n) is 3.50. The lowest BCUT2D eigenvalue weighted by molar-refractivity contribution is 0.251. The van der Waals surface area contributed by atoms with E-state index in [0.29, 0.717) is 22.1 Å². The number of carbonyl (C=O) groups is 1. The molecule has 2 amide bonds. The molecule has 0 aliphatic carbocycles. The Morgan fingerprint density at radius 2 is 1.80 bits per heavy atom. The molecular weight excluding hydrogens is 345 g/mol. The van der Waals surface area contributed by atoms with Crippen molar-refractivity contribution >= 4 is 32.7 Å². The van der Waals surface area contributed by atoms with Crippen LogP contribution in [0, 0.1) is 5.82 Å². The van der Waals surface area contributed by atoms with Crippen LogP contribution in [0.4, 0.5) is 14.3 Å². The van der Waals surface area contributed by atoms with Gasteiger partial charge in [0.15, 0.2) is 5.13 Å². The third-order valence-corrected chi connectivity index (χ3v) is 4.48. The zero-order chi connectivity index (χ0) is 17.8. The number of benzene rings is 2. The number of amides is 2. The fourth-order valence-corrected chi connectivity index (χ4v) is 3.23. The summed E-state index contributed by atoms with van der Waals surface area (Å²) in [6.45, 7) is 0.281. The molecule has 2 aromatic carbocycles. The molecule has 1 heterocycles. The van der Waals surface area contributed by atoms with Crippen molar-refractivity contribution in [1.82, 2.24) is 10.3 Å². The summed E-state index contributed by atoms with van der Waals surface area (Å²) in [5, 5.41) is 5.81. The predicted octanol–water partition coefficient (Wildman–Crippen LogP) is 3.77. The summed E-state index contributed by atoms with van der Waals surface area (Å²) in [7, 11) is 3.13. The van der Waals surface area contributed by atoms with E-state index in [9.17, 15) is 9.18 Å². The number of hydrogen-bond acceptors (Lipinski definition) is 5. The van der Waals surface area contributed by atoms with Crippen LogP contribution in [0.2, 0.25) is 0 Å². The van der Waals surface area contributed by atoms with E-state index < -0.39 is 6.03 Å². The van der Waals surface area contributed by atoms with Crippen LogP contribution in [0.15, 0.2) is 36.4 Å². The molecule has 6 nitrogen and oxygen atoms in total. The Bertz CT molecular complexity index is 855. The molecule has 0 atom stereocenters. The molecule has 8 heteroatoms. The summed E-state index contributed by atoms with van der Waals surface area (Å²) >= 11 is 1.29. The number of urea groups is 1. The first kappa shape index (κ1) is 17.0. The van der Waals surface area contributed by atoms with E-state index in [1.807, 2.05) is 0 Å². The van der Waals surface area contributed by atoms with Gasteiger partial charge in [-0.25, -0.2) is 14.2 Å². The second-order valence-electron chi connectivity index (χ2n) is 5.10. The van der Waals surface area contributed by atoms with Crippen molar-refractivity contribution in [2.75, 3.05) is 19.5 Å². The van der Waals surface area contributed by atoms with Crippen LogP contribution in [-0.4, -0.2) is 25.2 Å². The van der Waals surface area contributed by atoms with Gasteiger partial charge >= 0.3 is 6.03 Å². The molecule has 2 N–H and O–H groups in total. The average Bonchev–Trinajstić information content (AvgIpc) is 3.03. The van der Waals surface area contributed by atoms with Crippen molar-refractivity contribution in [3.05, 3.63) is 47.8 Å². The number of halogens is 1. The lowest BCUT2D eigenvalue weighted by Crippen LogP contribution is -2.28. The van der Waals surface area contributed by atoms with Crippen molar-refractivity contribution < 1.29 is 18.7 Å². The summed E-state index contributed by atoms with van der Waals surface area (Å²) in [4.78, 5) is 16.4. The predicted molar refractivity (Wildman–Crippen MR) is 95.0 cm³/mol. The average molecular weight is 361 g/mol. The molecule has 0 fully saturated rings. The van der Waals surface area contributed by atoms with E-state index in [1.165, 1.54) is 23.5 Å². The number of anilines is 1. The van der Waals surface area contributed by atoms with Crippen LogP contribution in [0.1, 0.15) is 5.56 Å². The van der Waals surface area contributed by atoms with Crippen LogP contribution in [-0.2, 0) is 6.54 Å². The fraction of sp³-hybridized carbons (Fsp3) is 0.176. The molecular formula is C17H16FN3O3S. The first-order valence-electron chi connectivity index (χ1n) is 7.41. The molecule has 0 saturated heterocycles. The second-order valence-corrected chi connectivity index (χ2v) is 6.10. The summed E-state index contributed by atoms with van der Waals surface area (Å²) < 4.78 is 24.3. The Hall–Kier alpha value is -2.87. The van der Waals surface area contributed by atoms with Crippen LogP contribution in [0.5, 0.6) is 11.5 Å². The standard InChI is InChI=1S/C17H16FN3O3S/c1-23-12-7-8-13(24-2)15-14(12)20-17(25-15)21-16(22)19-9-10-3-5-11(18)6-4-10/h3-8H,9H2,1-2H3,(H2,19,20,21,22). The molecule has 0 saturated carbocycles. The zero-order valence-electron chi connectivity index (χ0n) is 13.6. The lowest BCUT2D eigenvalue weighted by Gasteiger charge is -2.05. The maximum absolute atomic E-state index is 12.9. The number of nitrogens with zero attached hydrogens (tertiary/aromatic N) is 1. The Labute approximate surface area is 147 Å². The van der Waals surface area contributed by atoms with E-state index in [0.717, 1.165) is 10.3 Å². The van der Waals surface area contributed by atoms with Gasteiger partial charge in [-0.05, 0) is 29.8 Å². The highest BCUT2D eigenvalue weighted by Gasteiger charge is 2.15. The SMILES string of the molecule is COc1ccc(OC)c2sc(NC(=O)NCc3ccc(F)cc3)nc12. The molecule has 0 aliphatic heterocycles. The minimum absolute atomic E-state index is 0.281. The monoisotopic (exact) mass is 361 g/mol. The molecule has 0 radical (unpaired) electrons. The van der Waals surface area contributed by atoms with E-state index in [2.05, 4.69) is 15.6 Å². The van der Waals surface area contributed by atoms with Gasteiger partial charge in [0.1, 0.15) is 27.5 Å². The maximum atomic E-state index is 12.9. The van der Waals surface area contributed by atoms with Crippen molar-refractivity contribution in [2.24, 2.45) is 0 Å². The van der Waals surface area contributed by atoms with Gasteiger partial charge < -0.3 is 14.8 Å². The number of carbonyl (C=O) groups excluding carboxylic acids is 1. The maximum Gasteiger partial charge on any atom is 0.321 e. The smallest absolute Gasteiger partial charge is 0.321 e. The number of ether oxygens (including phenoxy) is 2. The first-order chi connectivity index (χ1) is 12.1. The minimum Gasteiger partial charge on any atom is -0.495 e. The van der Waals surface area contributed by atoms with Crippen molar-refractivity contribution in [3.8, 4) is 11.5 Å². The van der Waals surface area contributed by atoms with Crippen molar-refractivity contribution in [2.45, 2.75) is 6.54 Å². The topological polar surface area (TPSA) is 72.5 Å². The minimum atomic E-state index is -0.402. The summed E-state index contributed by atoms with van der Waals surface area (Å²) in [5.41, 5.74) is 1.42. The highest BCUT2D eigenvalue weighted by Crippen LogP contribution is 2.38. The third kappa shape index (κ3) is 3.80. The molecule has 0 unspecified atom stereocenters. The van der Waals surface area contributed by atoms with Crippen LogP contribution < -0.4 is 20.1 Å². The van der Waals surface area contributed by atoms with Gasteiger partial charge in [-0.1, -0.05) is 23.5 Å². The highest BCUT2D eigenvalue weighted by atomic mass is 32.1. The number of fused-ring (bicyclic) bond motifs is 1. The van der Waals surface area contributed by atoms with Gasteiger partial charge in [-0.15, -0.1) is 0 Å². The van der Waals surface area contributed by atoms with Gasteiger partial charge in [-0.3, -0.25) is 5.32 Å². The Kier molecular flexibility index (Phi) is 4.99. The molecule has 1 aromatic heterocycles. The first-order valence-corrected chi connectivity index (χ1v) is 8.23. The molecule has 25 heavy (non-hydrogen) atoms. The van der Waals surface area contributed by atoms with Crippen LogP contribution >= 0.6 is 11.3 Å². The lowest BCUT2D eigenvalue weighted by atomic mass is 10.2. The molecule has 3 rings (SSSR count). The summed E-state index contributed by atoms with van der Waals surface area (Å²) in [5.74, 6) is 0.950. The Morgan fingerprint density at radius 1 is 1.12 bits per heavy atom. The molecule has 130 valence electrons. The van der Waals surface area contributed by atoms with E-state index in [-0.39, 0.29) is 12.4 Å². The second kappa shape index (κ2) is 7.35. The summed E-state index contributed by atoms with van der Waals surface area (Å²) in [6.07, 6.45) is 0. The van der Waals surface area contributed by atoms with Gasteiger partial charge in [0.25, 0.3) is 0 Å². The molecule has 3 aromatic rings. The Balaban J connectivity index is 1.71. The van der Waals surface area contributed by atoms with Gasteiger partial charge in [0.05, 0.1) is 14.2 Å². The molecule has 0 spiro atoms. The number of rotatable bonds is 5. The Morgan fingerprint density at radius 3 is 2.48 bits per heavy atom. The number of thiazole rings is 1. The highest BCUT2D eigenvalue weighted by molar-refractivity contribution is 7.22. The molecule has 0 aliphatic rings. The number of hydrogen-bond donors (Lipinski definition) is 2. The molecule has 0 bridgehead atoms. The zero-order valence-corrected chi connectivity index (χ0v) is 14.4. The number of methoxy groups -OCH3 is 2.